The molecule has 135 valence electrons. The van der Waals surface area contributed by atoms with E-state index in [1.54, 1.807) is 6.07 Å². The van der Waals surface area contributed by atoms with Crippen LogP contribution in [0.5, 0.6) is 0 Å². The van der Waals surface area contributed by atoms with Crippen molar-refractivity contribution in [1.29, 1.82) is 0 Å². The monoisotopic (exact) mass is 330 g/mol. The molecule has 0 bridgehead atoms. The molecule has 0 aliphatic heterocycles. The van der Waals surface area contributed by atoms with Gasteiger partial charge in [-0.1, -0.05) is 96.1 Å². The summed E-state index contributed by atoms with van der Waals surface area (Å²) in [6.07, 6.45) is 18.8. The van der Waals surface area contributed by atoms with Crippen molar-refractivity contribution in [1.82, 2.24) is 5.73 Å². The lowest BCUT2D eigenvalue weighted by atomic mass is 10.0. The molecule has 1 N–H and O–H groups in total. The third-order valence-corrected chi connectivity index (χ3v) is 4.76. The van der Waals surface area contributed by atoms with Crippen LogP contribution in [0.3, 0.4) is 0 Å². The molecule has 0 aromatic heterocycles. The fraction of sp³-hybridized carbons (Fsp3) is 0.682. The second-order valence-electron chi connectivity index (χ2n) is 7.02. The molecule has 24 heavy (non-hydrogen) atoms. The Kier molecular flexibility index (Phi) is 12.2. The van der Waals surface area contributed by atoms with E-state index >= 15 is 0 Å². The molecule has 2 heteroatoms. The normalized spacial score (nSPS) is 10.9. The molecule has 1 aromatic carbocycles. The van der Waals surface area contributed by atoms with E-state index in [0.717, 1.165) is 6.42 Å². The van der Waals surface area contributed by atoms with Gasteiger partial charge < -0.3 is 0 Å². The fourth-order valence-corrected chi connectivity index (χ4v) is 3.21. The lowest BCUT2D eigenvalue weighted by molar-refractivity contribution is 0.0992. The lowest BCUT2D eigenvalue weighted by Crippen LogP contribution is -1.99. The molecule has 0 spiro atoms. The second kappa shape index (κ2) is 14.1. The molecule has 0 atom stereocenters. The van der Waals surface area contributed by atoms with Crippen molar-refractivity contribution in [3.8, 4) is 0 Å². The van der Waals surface area contributed by atoms with E-state index in [0.29, 0.717) is 5.56 Å². The zero-order chi connectivity index (χ0) is 17.5. The molecule has 0 aliphatic rings. The highest BCUT2D eigenvalue weighted by Gasteiger charge is 2.02. The molecule has 0 saturated heterocycles. The Morgan fingerprint density at radius 2 is 1.29 bits per heavy atom. The van der Waals surface area contributed by atoms with Crippen LogP contribution in [0, 0.1) is 0 Å². The number of aryl methyl sites for hydroxylation is 1. The van der Waals surface area contributed by atoms with Crippen LogP contribution in [-0.2, 0) is 6.42 Å². The van der Waals surface area contributed by atoms with Gasteiger partial charge in [-0.2, -0.15) is 0 Å². The van der Waals surface area contributed by atoms with Crippen molar-refractivity contribution < 1.29 is 4.79 Å². The average Bonchev–Trinajstić information content (AvgIpc) is 2.59. The first-order chi connectivity index (χ1) is 11.7. The fourth-order valence-electron chi connectivity index (χ4n) is 3.21. The number of hydrogen-bond acceptors (Lipinski definition) is 1. The Bertz CT molecular complexity index is 441. The van der Waals surface area contributed by atoms with Crippen molar-refractivity contribution in [2.45, 2.75) is 96.8 Å². The van der Waals surface area contributed by atoms with Crippen molar-refractivity contribution in [2.24, 2.45) is 0 Å². The van der Waals surface area contributed by atoms with Gasteiger partial charge in [0.1, 0.15) is 0 Å². The van der Waals surface area contributed by atoms with Gasteiger partial charge in [0, 0.05) is 5.56 Å². The van der Waals surface area contributed by atoms with Crippen LogP contribution in [0.25, 0.3) is 0 Å². The summed E-state index contributed by atoms with van der Waals surface area (Å²) >= 11 is 0. The van der Waals surface area contributed by atoms with Gasteiger partial charge in [-0.05, 0) is 30.5 Å². The minimum absolute atomic E-state index is 0.516. The van der Waals surface area contributed by atoms with Crippen LogP contribution in [0.2, 0.25) is 0 Å². The number of nitrogens with one attached hydrogen (secondary N) is 1. The number of hydrogen-bond donors (Lipinski definition) is 0. The number of unbranched alkanes of at least 4 members (excludes halogenated alkanes) is 12. The van der Waals surface area contributed by atoms with Crippen molar-refractivity contribution in [3.63, 3.8) is 0 Å². The highest BCUT2D eigenvalue weighted by atomic mass is 16.1. The second-order valence-corrected chi connectivity index (χ2v) is 7.02. The number of carbonyl (C=O) groups is 1. The molecule has 1 rings (SSSR count). The van der Waals surface area contributed by atoms with E-state index < -0.39 is 5.91 Å². The van der Waals surface area contributed by atoms with Crippen LogP contribution in [0.15, 0.2) is 24.3 Å². The molecule has 0 fully saturated rings. The molecular weight excluding hydrogens is 294 g/mol. The molecular formula is C22H36NO. The van der Waals surface area contributed by atoms with Crippen LogP contribution in [0.4, 0.5) is 0 Å². The third-order valence-electron chi connectivity index (χ3n) is 4.76. The Labute approximate surface area is 149 Å². The smallest absolute Gasteiger partial charge is 0.267 e. The third kappa shape index (κ3) is 10.5. The topological polar surface area (TPSA) is 40.9 Å². The van der Waals surface area contributed by atoms with E-state index in [2.05, 4.69) is 13.0 Å². The molecule has 2 nitrogen and oxygen atoms in total. The number of carbonyl (C=O) groups excluding carboxylic acids is 1. The standard InChI is InChI=1S/C22H36NO/c1-2-3-4-5-6-7-8-9-10-11-12-13-14-16-20-17-15-18-21(19-20)22(23)24/h15,17-19,23H,2-14,16H2,1H3. The summed E-state index contributed by atoms with van der Waals surface area (Å²) in [7, 11) is 0. The van der Waals surface area contributed by atoms with Gasteiger partial charge in [0.05, 0.1) is 0 Å². The summed E-state index contributed by atoms with van der Waals surface area (Å²) < 4.78 is 0. The van der Waals surface area contributed by atoms with Gasteiger partial charge in [0.2, 0.25) is 0 Å². The zero-order valence-corrected chi connectivity index (χ0v) is 15.6. The van der Waals surface area contributed by atoms with Crippen LogP contribution >= 0.6 is 0 Å². The van der Waals surface area contributed by atoms with Crippen LogP contribution in [-0.4, -0.2) is 5.91 Å². The Balaban J connectivity index is 1.90. The average molecular weight is 331 g/mol. The number of benzene rings is 1. The number of amides is 1. The summed E-state index contributed by atoms with van der Waals surface area (Å²) in [6.45, 7) is 2.27. The maximum atomic E-state index is 11.1. The minimum atomic E-state index is -0.581. The quantitative estimate of drug-likeness (QED) is 0.328. The van der Waals surface area contributed by atoms with Gasteiger partial charge >= 0.3 is 0 Å². The summed E-state index contributed by atoms with van der Waals surface area (Å²) in [5, 5.41) is 0. The lowest BCUT2D eigenvalue weighted by Gasteiger charge is -2.04. The van der Waals surface area contributed by atoms with Crippen LogP contribution < -0.4 is 5.73 Å². The summed E-state index contributed by atoms with van der Waals surface area (Å²) in [6, 6.07) is 7.55. The van der Waals surface area contributed by atoms with Gasteiger partial charge in [-0.3, -0.25) is 10.5 Å². The van der Waals surface area contributed by atoms with Gasteiger partial charge in [0.25, 0.3) is 5.91 Å². The SMILES string of the molecule is CCCCCCCCCCCCCCCc1cccc(C([NH])=O)c1. The molecule has 1 aromatic rings. The largest absolute Gasteiger partial charge is 0.269 e. The number of rotatable bonds is 15. The van der Waals surface area contributed by atoms with E-state index in [4.69, 9.17) is 5.73 Å². The maximum absolute atomic E-state index is 11.1. The van der Waals surface area contributed by atoms with E-state index in [1.807, 2.05) is 12.1 Å². The molecule has 0 aliphatic carbocycles. The van der Waals surface area contributed by atoms with Crippen LogP contribution in [0.1, 0.15) is 106 Å². The van der Waals surface area contributed by atoms with Gasteiger partial charge in [0.15, 0.2) is 0 Å². The Morgan fingerprint density at radius 1 is 0.792 bits per heavy atom. The van der Waals surface area contributed by atoms with E-state index in [-0.39, 0.29) is 0 Å². The highest BCUT2D eigenvalue weighted by Crippen LogP contribution is 2.14. The highest BCUT2D eigenvalue weighted by molar-refractivity contribution is 5.92. The van der Waals surface area contributed by atoms with Gasteiger partial charge in [-0.25, -0.2) is 0 Å². The molecule has 0 saturated carbocycles. The summed E-state index contributed by atoms with van der Waals surface area (Å²) in [5.74, 6) is -0.581. The maximum Gasteiger partial charge on any atom is 0.269 e. The minimum Gasteiger partial charge on any atom is -0.267 e. The van der Waals surface area contributed by atoms with Crippen molar-refractivity contribution in [3.05, 3.63) is 35.4 Å². The first-order valence-corrected chi connectivity index (χ1v) is 10.1. The molecule has 0 unspecified atom stereocenters. The summed E-state index contributed by atoms with van der Waals surface area (Å²) in [4.78, 5) is 11.1. The molecule has 1 radical (unpaired) electrons. The predicted octanol–water partition coefficient (Wildman–Crippen LogP) is 6.74. The zero-order valence-electron chi connectivity index (χ0n) is 15.6. The van der Waals surface area contributed by atoms with E-state index in [1.165, 1.54) is 89.0 Å². The predicted molar refractivity (Wildman–Crippen MR) is 103 cm³/mol. The molecule has 1 amide bonds. The first kappa shape index (κ1) is 20.7. The first-order valence-electron chi connectivity index (χ1n) is 10.1. The summed E-state index contributed by atoms with van der Waals surface area (Å²) in [5.41, 5.74) is 8.86. The van der Waals surface area contributed by atoms with Crippen molar-refractivity contribution >= 4 is 5.91 Å². The molecule has 0 heterocycles. The Hall–Kier alpha value is -1.31. The Morgan fingerprint density at radius 3 is 1.79 bits per heavy atom. The van der Waals surface area contributed by atoms with Crippen molar-refractivity contribution in [2.75, 3.05) is 0 Å². The van der Waals surface area contributed by atoms with E-state index in [9.17, 15) is 4.79 Å². The van der Waals surface area contributed by atoms with Gasteiger partial charge in [-0.15, -0.1) is 0 Å².